The predicted octanol–water partition coefficient (Wildman–Crippen LogP) is 1.58. The first-order chi connectivity index (χ1) is 18.4. The average Bonchev–Trinajstić information content (AvgIpc) is 3.62. The number of aliphatic imine (C=N–C) groups is 1. The number of halogens is 3. The Morgan fingerprint density at radius 3 is 2.79 bits per heavy atom. The van der Waals surface area contributed by atoms with Gasteiger partial charge in [-0.1, -0.05) is 0 Å². The van der Waals surface area contributed by atoms with Gasteiger partial charge in [0.1, 0.15) is 23.1 Å². The van der Waals surface area contributed by atoms with Gasteiger partial charge in [0.15, 0.2) is 11.9 Å². The summed E-state index contributed by atoms with van der Waals surface area (Å²) in [4.78, 5) is 53.5. The van der Waals surface area contributed by atoms with Crippen LogP contribution >= 0.6 is 11.8 Å². The smallest absolute Gasteiger partial charge is 0.355 e. The molecule has 4 N–H and O–H groups in total. The van der Waals surface area contributed by atoms with Crippen LogP contribution in [0.4, 0.5) is 13.2 Å². The number of pyridine rings is 1. The maximum absolute atomic E-state index is 13.3. The molecule has 2 amide bonds. The number of amides is 2. The predicted molar refractivity (Wildman–Crippen MR) is 135 cm³/mol. The quantitative estimate of drug-likeness (QED) is 0.340. The van der Waals surface area contributed by atoms with Crippen molar-refractivity contribution in [1.82, 2.24) is 36.2 Å². The topological polar surface area (TPSA) is 153 Å². The molecule has 0 bridgehead atoms. The van der Waals surface area contributed by atoms with Crippen LogP contribution in [0.15, 0.2) is 45.2 Å². The van der Waals surface area contributed by atoms with Crippen LogP contribution in [0.1, 0.15) is 36.0 Å². The van der Waals surface area contributed by atoms with E-state index in [0.29, 0.717) is 5.84 Å². The van der Waals surface area contributed by atoms with Crippen LogP contribution in [0.2, 0.25) is 0 Å². The number of carbonyl (C=O) groups excluding carboxylic acids is 2. The fourth-order valence-corrected chi connectivity index (χ4v) is 4.88. The monoisotopic (exact) mass is 569 g/mol. The zero-order chi connectivity index (χ0) is 28.5. The number of hydrogen-bond acceptors (Lipinski definition) is 12. The minimum atomic E-state index is -4.54. The standard InChI is InChI=1S/C22H26F3N9O4S/c1-10-14(22(23,24)25)5-13(6-26-10)20-30-16(8-39-20)29-19(35)11(2)34-9-27-18(31-37)17(34)21(36)33(4)7-15-28-12(3)38-32-15/h5-6,8,11-12,20,27,30H,7,9H2,1-4H3,(H,28,32)(H,29,35)/t11-,12?,20?/m0/s1. The highest BCUT2D eigenvalue weighted by atomic mass is 32.2. The molecule has 17 heteroatoms. The number of nitrogens with zero attached hydrogens (tertiary/aromatic N) is 5. The Morgan fingerprint density at radius 2 is 2.15 bits per heavy atom. The van der Waals surface area contributed by atoms with E-state index in [1.54, 1.807) is 12.3 Å². The molecule has 1 aromatic heterocycles. The maximum Gasteiger partial charge on any atom is 0.418 e. The second kappa shape index (κ2) is 11.1. The van der Waals surface area contributed by atoms with Crippen molar-refractivity contribution in [1.29, 1.82) is 0 Å². The van der Waals surface area contributed by atoms with Crippen molar-refractivity contribution in [3.8, 4) is 0 Å². The lowest BCUT2D eigenvalue weighted by atomic mass is 10.1. The first-order valence-electron chi connectivity index (χ1n) is 11.7. The van der Waals surface area contributed by atoms with Crippen molar-refractivity contribution < 1.29 is 27.6 Å². The number of aromatic nitrogens is 1. The molecule has 0 spiro atoms. The van der Waals surface area contributed by atoms with Gasteiger partial charge in [0.2, 0.25) is 11.7 Å². The molecule has 3 aliphatic rings. The minimum Gasteiger partial charge on any atom is -0.355 e. The molecule has 0 radical (unpaired) electrons. The van der Waals surface area contributed by atoms with E-state index in [9.17, 15) is 27.7 Å². The Balaban J connectivity index is 1.41. The van der Waals surface area contributed by atoms with E-state index in [-0.39, 0.29) is 41.8 Å². The van der Waals surface area contributed by atoms with Gasteiger partial charge in [-0.3, -0.25) is 14.6 Å². The molecule has 210 valence electrons. The van der Waals surface area contributed by atoms with Crippen molar-refractivity contribution in [3.63, 3.8) is 0 Å². The number of thioether (sulfide) groups is 1. The van der Waals surface area contributed by atoms with E-state index in [4.69, 9.17) is 4.84 Å². The van der Waals surface area contributed by atoms with Gasteiger partial charge < -0.3 is 25.8 Å². The van der Waals surface area contributed by atoms with Crippen LogP contribution < -0.4 is 21.4 Å². The lowest BCUT2D eigenvalue weighted by molar-refractivity contribution is -0.138. The Hall–Kier alpha value is -3.86. The fraction of sp³-hybridized carbons (Fsp3) is 0.455. The molecule has 2 unspecified atom stereocenters. The Labute approximate surface area is 225 Å². The summed E-state index contributed by atoms with van der Waals surface area (Å²) in [5.74, 6) is -0.623. The molecule has 0 aromatic carbocycles. The summed E-state index contributed by atoms with van der Waals surface area (Å²) >= 11 is 1.17. The van der Waals surface area contributed by atoms with Crippen molar-refractivity contribution >= 4 is 29.4 Å². The summed E-state index contributed by atoms with van der Waals surface area (Å²) in [6.07, 6.45) is -3.61. The Bertz CT molecular complexity index is 1270. The van der Waals surface area contributed by atoms with Gasteiger partial charge in [0, 0.05) is 29.9 Å². The Morgan fingerprint density at radius 1 is 1.41 bits per heavy atom. The van der Waals surface area contributed by atoms with E-state index in [1.807, 2.05) is 0 Å². The molecular weight excluding hydrogens is 543 g/mol. The molecule has 4 heterocycles. The van der Waals surface area contributed by atoms with Gasteiger partial charge in [0.05, 0.1) is 18.8 Å². The molecular formula is C22H26F3N9O4S. The van der Waals surface area contributed by atoms with Gasteiger partial charge >= 0.3 is 6.18 Å². The van der Waals surface area contributed by atoms with Gasteiger partial charge in [-0.25, -0.2) is 15.3 Å². The lowest BCUT2D eigenvalue weighted by Gasteiger charge is -2.29. The van der Waals surface area contributed by atoms with Crippen molar-refractivity contribution in [2.45, 2.75) is 44.6 Å². The minimum absolute atomic E-state index is 0.0248. The van der Waals surface area contributed by atoms with E-state index in [0.717, 1.165) is 6.07 Å². The number of amidine groups is 1. The average molecular weight is 570 g/mol. The number of likely N-dealkylation sites (N-methyl/N-ethyl adjacent to an activating group) is 1. The van der Waals surface area contributed by atoms with Gasteiger partial charge in [-0.15, -0.1) is 16.7 Å². The number of aryl methyl sites for hydroxylation is 1. The lowest BCUT2D eigenvalue weighted by Crippen LogP contribution is -2.48. The van der Waals surface area contributed by atoms with E-state index >= 15 is 0 Å². The molecule has 3 atom stereocenters. The third-order valence-electron chi connectivity index (χ3n) is 6.07. The second-order valence-corrected chi connectivity index (χ2v) is 9.89. The van der Waals surface area contributed by atoms with E-state index in [2.05, 4.69) is 36.6 Å². The molecule has 39 heavy (non-hydrogen) atoms. The van der Waals surface area contributed by atoms with Crippen LogP contribution in [0, 0.1) is 11.8 Å². The Kier molecular flexibility index (Phi) is 8.01. The molecule has 0 aliphatic carbocycles. The van der Waals surface area contributed by atoms with Crippen molar-refractivity contribution in [2.75, 3.05) is 20.3 Å². The summed E-state index contributed by atoms with van der Waals surface area (Å²) in [5.41, 5.74) is 1.85. The van der Waals surface area contributed by atoms with Crippen LogP contribution in [0.3, 0.4) is 0 Å². The van der Waals surface area contributed by atoms with Gasteiger partial charge in [-0.2, -0.15) is 13.2 Å². The normalized spacial score (nSPS) is 21.5. The van der Waals surface area contributed by atoms with E-state index < -0.39 is 41.2 Å². The van der Waals surface area contributed by atoms with Crippen molar-refractivity contribution in [3.05, 3.63) is 56.7 Å². The molecule has 13 nitrogen and oxygen atoms in total. The van der Waals surface area contributed by atoms with Crippen LogP contribution in [0.5, 0.6) is 0 Å². The van der Waals surface area contributed by atoms with Crippen LogP contribution in [-0.4, -0.2) is 65.0 Å². The molecule has 1 aromatic rings. The van der Waals surface area contributed by atoms with Crippen molar-refractivity contribution in [2.24, 2.45) is 10.2 Å². The summed E-state index contributed by atoms with van der Waals surface area (Å²) in [6, 6.07) is 0.0931. The second-order valence-electron chi connectivity index (χ2n) is 8.91. The molecule has 3 aliphatic heterocycles. The third kappa shape index (κ3) is 6.08. The largest absolute Gasteiger partial charge is 0.418 e. The fourth-order valence-electron chi connectivity index (χ4n) is 4.00. The number of hydrogen-bond donors (Lipinski definition) is 4. The molecule has 4 rings (SSSR count). The van der Waals surface area contributed by atoms with Gasteiger partial charge in [0.25, 0.3) is 5.91 Å². The molecule has 0 saturated carbocycles. The number of nitrogens with one attached hydrogen (secondary N) is 4. The van der Waals surface area contributed by atoms with Gasteiger partial charge in [-0.05, 0) is 32.0 Å². The molecule has 0 fully saturated rings. The van der Waals surface area contributed by atoms with Crippen LogP contribution in [-0.2, 0) is 20.6 Å². The highest BCUT2D eigenvalue weighted by molar-refractivity contribution is 8.02. The number of carbonyl (C=O) groups is 2. The van der Waals surface area contributed by atoms with Crippen LogP contribution in [0.25, 0.3) is 0 Å². The number of nitroso groups, excluding NO2 is 1. The zero-order valence-corrected chi connectivity index (χ0v) is 22.1. The summed E-state index contributed by atoms with van der Waals surface area (Å²) in [6.45, 7) is 4.58. The summed E-state index contributed by atoms with van der Waals surface area (Å²) in [7, 11) is 1.50. The highest BCUT2D eigenvalue weighted by Crippen LogP contribution is 2.37. The SMILES string of the molecule is Cc1ncc(C2NC(NC(=O)[C@H](C)N3CNC(N=O)=C3C(=O)N(C)CC3=NC(C)ON3)=CS2)cc1C(F)(F)F. The van der Waals surface area contributed by atoms with E-state index in [1.165, 1.54) is 48.7 Å². The number of alkyl halides is 3. The maximum atomic E-state index is 13.3. The summed E-state index contributed by atoms with van der Waals surface area (Å²) in [5, 5.41) is 12.2. The number of rotatable bonds is 8. The zero-order valence-electron chi connectivity index (χ0n) is 21.3. The molecule has 0 saturated heterocycles. The third-order valence-corrected chi connectivity index (χ3v) is 7.10. The highest BCUT2D eigenvalue weighted by Gasteiger charge is 2.38. The first kappa shape index (κ1) is 28.2. The number of hydroxylamine groups is 1. The first-order valence-corrected chi connectivity index (χ1v) is 12.6. The summed E-state index contributed by atoms with van der Waals surface area (Å²) < 4.78 is 39.9.